The highest BCUT2D eigenvalue weighted by molar-refractivity contribution is 5.37. The smallest absolute Gasteiger partial charge is 0.123 e. The van der Waals surface area contributed by atoms with E-state index in [4.69, 9.17) is 4.74 Å². The predicted octanol–water partition coefficient (Wildman–Crippen LogP) is 1.32. The average molecular weight is 264 g/mol. The first kappa shape index (κ1) is 14.3. The van der Waals surface area contributed by atoms with E-state index in [1.807, 2.05) is 18.2 Å². The maximum Gasteiger partial charge on any atom is 0.123 e. The number of benzene rings is 1. The SMILES string of the molecule is COc1ccc(CO)cc1CN1CCN(C)CC1C. The van der Waals surface area contributed by atoms with Crippen molar-refractivity contribution in [1.82, 2.24) is 9.80 Å². The van der Waals surface area contributed by atoms with Crippen LogP contribution >= 0.6 is 0 Å². The van der Waals surface area contributed by atoms with Gasteiger partial charge in [0.05, 0.1) is 13.7 Å². The number of aliphatic hydroxyl groups is 1. The van der Waals surface area contributed by atoms with Crippen molar-refractivity contribution in [2.45, 2.75) is 26.1 Å². The number of hydrogen-bond donors (Lipinski definition) is 1. The Morgan fingerprint density at radius 3 is 2.79 bits per heavy atom. The zero-order valence-electron chi connectivity index (χ0n) is 12.1. The van der Waals surface area contributed by atoms with Crippen molar-refractivity contribution in [2.75, 3.05) is 33.8 Å². The van der Waals surface area contributed by atoms with Gasteiger partial charge >= 0.3 is 0 Å². The number of hydrogen-bond acceptors (Lipinski definition) is 4. The molecule has 1 aliphatic heterocycles. The lowest BCUT2D eigenvalue weighted by Crippen LogP contribution is -2.49. The molecule has 0 spiro atoms. The molecule has 1 N–H and O–H groups in total. The molecule has 1 unspecified atom stereocenters. The molecule has 1 heterocycles. The van der Waals surface area contributed by atoms with E-state index in [0.717, 1.165) is 43.1 Å². The second-order valence-electron chi connectivity index (χ2n) is 5.39. The van der Waals surface area contributed by atoms with Gasteiger partial charge in [0.1, 0.15) is 5.75 Å². The van der Waals surface area contributed by atoms with Crippen LogP contribution in [0.25, 0.3) is 0 Å². The molecule has 0 bridgehead atoms. The first-order chi connectivity index (χ1) is 9.13. The normalized spacial score (nSPS) is 21.6. The quantitative estimate of drug-likeness (QED) is 0.890. The van der Waals surface area contributed by atoms with E-state index < -0.39 is 0 Å². The second kappa shape index (κ2) is 6.37. The topological polar surface area (TPSA) is 35.9 Å². The number of likely N-dealkylation sites (N-methyl/N-ethyl adjacent to an activating group) is 1. The van der Waals surface area contributed by atoms with Crippen LogP contribution in [0.5, 0.6) is 5.75 Å². The van der Waals surface area contributed by atoms with Gasteiger partial charge in [0.15, 0.2) is 0 Å². The fourth-order valence-corrected chi connectivity index (χ4v) is 2.68. The molecule has 0 amide bonds. The van der Waals surface area contributed by atoms with Gasteiger partial charge in [-0.25, -0.2) is 0 Å². The van der Waals surface area contributed by atoms with Crippen LogP contribution in [0.15, 0.2) is 18.2 Å². The van der Waals surface area contributed by atoms with Gasteiger partial charge in [-0.15, -0.1) is 0 Å². The number of aliphatic hydroxyl groups excluding tert-OH is 1. The molecule has 4 heteroatoms. The molecular weight excluding hydrogens is 240 g/mol. The number of methoxy groups -OCH3 is 1. The first-order valence-electron chi connectivity index (χ1n) is 6.83. The summed E-state index contributed by atoms with van der Waals surface area (Å²) in [7, 11) is 3.87. The van der Waals surface area contributed by atoms with Crippen molar-refractivity contribution in [2.24, 2.45) is 0 Å². The van der Waals surface area contributed by atoms with Crippen LogP contribution in [0.1, 0.15) is 18.1 Å². The first-order valence-corrected chi connectivity index (χ1v) is 6.83. The summed E-state index contributed by atoms with van der Waals surface area (Å²) in [6, 6.07) is 6.45. The molecule has 19 heavy (non-hydrogen) atoms. The number of ether oxygens (including phenoxy) is 1. The summed E-state index contributed by atoms with van der Waals surface area (Å²) in [6.07, 6.45) is 0. The molecule has 1 aromatic carbocycles. The zero-order chi connectivity index (χ0) is 13.8. The predicted molar refractivity (Wildman–Crippen MR) is 76.3 cm³/mol. The zero-order valence-corrected chi connectivity index (χ0v) is 12.1. The maximum atomic E-state index is 9.26. The second-order valence-corrected chi connectivity index (χ2v) is 5.39. The van der Waals surface area contributed by atoms with Crippen molar-refractivity contribution in [3.05, 3.63) is 29.3 Å². The van der Waals surface area contributed by atoms with E-state index in [1.54, 1.807) is 7.11 Å². The lowest BCUT2D eigenvalue weighted by atomic mass is 10.1. The van der Waals surface area contributed by atoms with E-state index in [2.05, 4.69) is 23.8 Å². The van der Waals surface area contributed by atoms with E-state index in [-0.39, 0.29) is 6.61 Å². The number of nitrogens with zero attached hydrogens (tertiary/aromatic N) is 2. The highest BCUT2D eigenvalue weighted by Gasteiger charge is 2.22. The molecule has 1 aliphatic rings. The van der Waals surface area contributed by atoms with Crippen LogP contribution in [0.3, 0.4) is 0 Å². The molecule has 4 nitrogen and oxygen atoms in total. The van der Waals surface area contributed by atoms with Crippen LogP contribution in [0.2, 0.25) is 0 Å². The minimum Gasteiger partial charge on any atom is -0.496 e. The largest absolute Gasteiger partial charge is 0.496 e. The lowest BCUT2D eigenvalue weighted by molar-refractivity contribution is 0.0930. The van der Waals surface area contributed by atoms with Crippen LogP contribution in [0.4, 0.5) is 0 Å². The molecule has 1 saturated heterocycles. The molecule has 1 aromatic rings. The Morgan fingerprint density at radius 2 is 2.16 bits per heavy atom. The van der Waals surface area contributed by atoms with Gasteiger partial charge in [-0.3, -0.25) is 4.90 Å². The van der Waals surface area contributed by atoms with Gasteiger partial charge in [0, 0.05) is 37.8 Å². The molecular formula is C15H24N2O2. The minimum atomic E-state index is 0.0787. The molecule has 106 valence electrons. The van der Waals surface area contributed by atoms with Crippen LogP contribution in [-0.4, -0.2) is 54.7 Å². The van der Waals surface area contributed by atoms with Gasteiger partial charge in [-0.2, -0.15) is 0 Å². The molecule has 1 fully saturated rings. The summed E-state index contributed by atoms with van der Waals surface area (Å²) in [5.41, 5.74) is 2.10. The van der Waals surface area contributed by atoms with Gasteiger partial charge in [-0.05, 0) is 31.7 Å². The van der Waals surface area contributed by atoms with Gasteiger partial charge < -0.3 is 14.7 Å². The Morgan fingerprint density at radius 1 is 1.37 bits per heavy atom. The minimum absolute atomic E-state index is 0.0787. The summed E-state index contributed by atoms with van der Waals surface area (Å²) in [4.78, 5) is 4.83. The summed E-state index contributed by atoms with van der Waals surface area (Å²) >= 11 is 0. The van der Waals surface area contributed by atoms with Crippen LogP contribution in [-0.2, 0) is 13.2 Å². The van der Waals surface area contributed by atoms with Crippen molar-refractivity contribution >= 4 is 0 Å². The van der Waals surface area contributed by atoms with E-state index in [0.29, 0.717) is 6.04 Å². The summed E-state index contributed by atoms with van der Waals surface area (Å²) in [5, 5.41) is 9.26. The van der Waals surface area contributed by atoms with E-state index >= 15 is 0 Å². The Kier molecular flexibility index (Phi) is 4.80. The fraction of sp³-hybridized carbons (Fsp3) is 0.600. The maximum absolute atomic E-state index is 9.26. The molecule has 0 aliphatic carbocycles. The molecule has 2 rings (SSSR count). The third-order valence-corrected chi connectivity index (χ3v) is 3.87. The highest BCUT2D eigenvalue weighted by atomic mass is 16.5. The lowest BCUT2D eigenvalue weighted by Gasteiger charge is -2.38. The van der Waals surface area contributed by atoms with Gasteiger partial charge in [-0.1, -0.05) is 6.07 Å². The molecule has 0 aromatic heterocycles. The van der Waals surface area contributed by atoms with Crippen molar-refractivity contribution in [3.8, 4) is 5.75 Å². The third kappa shape index (κ3) is 3.47. The van der Waals surface area contributed by atoms with E-state index in [9.17, 15) is 5.11 Å². The summed E-state index contributed by atoms with van der Waals surface area (Å²) < 4.78 is 5.42. The molecule has 0 radical (unpaired) electrons. The number of rotatable bonds is 4. The van der Waals surface area contributed by atoms with Crippen molar-refractivity contribution in [1.29, 1.82) is 0 Å². The Hall–Kier alpha value is -1.10. The molecule has 1 atom stereocenters. The average Bonchev–Trinajstić information content (AvgIpc) is 2.41. The van der Waals surface area contributed by atoms with Crippen LogP contribution in [0, 0.1) is 0 Å². The highest BCUT2D eigenvalue weighted by Crippen LogP contribution is 2.23. The Balaban J connectivity index is 2.13. The van der Waals surface area contributed by atoms with Crippen molar-refractivity contribution in [3.63, 3.8) is 0 Å². The summed E-state index contributed by atoms with van der Waals surface area (Å²) in [6.45, 7) is 6.50. The van der Waals surface area contributed by atoms with Gasteiger partial charge in [0.2, 0.25) is 0 Å². The monoisotopic (exact) mass is 264 g/mol. The van der Waals surface area contributed by atoms with Crippen LogP contribution < -0.4 is 4.74 Å². The van der Waals surface area contributed by atoms with E-state index in [1.165, 1.54) is 0 Å². The Labute approximate surface area is 115 Å². The Bertz CT molecular complexity index is 423. The summed E-state index contributed by atoms with van der Waals surface area (Å²) in [5.74, 6) is 0.906. The molecule has 0 saturated carbocycles. The number of piperazine rings is 1. The fourth-order valence-electron chi connectivity index (χ4n) is 2.68. The van der Waals surface area contributed by atoms with Gasteiger partial charge in [0.25, 0.3) is 0 Å². The standard InChI is InChI=1S/C15H24N2O2/c1-12-9-16(2)6-7-17(12)10-14-8-13(11-18)4-5-15(14)19-3/h4-5,8,12,18H,6-7,9-11H2,1-3H3. The third-order valence-electron chi connectivity index (χ3n) is 3.87. The van der Waals surface area contributed by atoms with Crippen molar-refractivity contribution < 1.29 is 9.84 Å².